The first-order valence-electron chi connectivity index (χ1n) is 9.44. The van der Waals surface area contributed by atoms with Crippen LogP contribution in [-0.4, -0.2) is 12.1 Å². The number of hydrogen-bond acceptors (Lipinski definition) is 2. The maximum atomic E-state index is 11.7. The number of esters is 1. The number of unbranched alkanes of at least 4 members (excludes halogenated alkanes) is 8. The molecule has 0 saturated heterocycles. The Balaban J connectivity index is 3.88. The Labute approximate surface area is 133 Å². The summed E-state index contributed by atoms with van der Waals surface area (Å²) in [5.74, 6) is 0.00427. The van der Waals surface area contributed by atoms with E-state index < -0.39 is 0 Å². The predicted molar refractivity (Wildman–Crippen MR) is 91.5 cm³/mol. The van der Waals surface area contributed by atoms with E-state index in [1.807, 2.05) is 6.92 Å². The standard InChI is InChI=1S/C19H38O2/c1-4-7-9-11-13-16-18(21-19(20)15-6-3)17-14-12-10-8-5-2/h18H,4-17H2,1-3H3. The highest BCUT2D eigenvalue weighted by molar-refractivity contribution is 5.69. The van der Waals surface area contributed by atoms with Crippen molar-refractivity contribution in [2.45, 2.75) is 117 Å². The van der Waals surface area contributed by atoms with Crippen molar-refractivity contribution < 1.29 is 9.53 Å². The van der Waals surface area contributed by atoms with E-state index in [2.05, 4.69) is 13.8 Å². The molecule has 0 aromatic heterocycles. The molecule has 0 bridgehead atoms. The van der Waals surface area contributed by atoms with Crippen LogP contribution in [0, 0.1) is 0 Å². The van der Waals surface area contributed by atoms with Crippen molar-refractivity contribution in [3.63, 3.8) is 0 Å². The molecule has 0 aliphatic rings. The van der Waals surface area contributed by atoms with E-state index in [0.29, 0.717) is 6.42 Å². The summed E-state index contributed by atoms with van der Waals surface area (Å²) in [4.78, 5) is 11.7. The second-order valence-corrected chi connectivity index (χ2v) is 6.27. The maximum absolute atomic E-state index is 11.7. The van der Waals surface area contributed by atoms with Crippen molar-refractivity contribution in [2.24, 2.45) is 0 Å². The fourth-order valence-electron chi connectivity index (χ4n) is 2.66. The van der Waals surface area contributed by atoms with Crippen LogP contribution in [0.5, 0.6) is 0 Å². The Morgan fingerprint density at radius 2 is 1.19 bits per heavy atom. The second-order valence-electron chi connectivity index (χ2n) is 6.27. The Hall–Kier alpha value is -0.530. The summed E-state index contributed by atoms with van der Waals surface area (Å²) in [5, 5.41) is 0. The fraction of sp³-hybridized carbons (Fsp3) is 0.947. The number of rotatable bonds is 15. The molecule has 0 aliphatic heterocycles. The van der Waals surface area contributed by atoms with E-state index in [0.717, 1.165) is 19.3 Å². The normalized spacial score (nSPS) is 11.0. The lowest BCUT2D eigenvalue weighted by Crippen LogP contribution is -2.18. The topological polar surface area (TPSA) is 26.3 Å². The molecule has 0 aromatic carbocycles. The van der Waals surface area contributed by atoms with E-state index in [9.17, 15) is 4.79 Å². The predicted octanol–water partition coefficient (Wildman–Crippen LogP) is 6.42. The van der Waals surface area contributed by atoms with Gasteiger partial charge in [0.2, 0.25) is 0 Å². The monoisotopic (exact) mass is 298 g/mol. The van der Waals surface area contributed by atoms with Gasteiger partial charge in [-0.3, -0.25) is 4.79 Å². The second kappa shape index (κ2) is 15.9. The quantitative estimate of drug-likeness (QED) is 0.257. The smallest absolute Gasteiger partial charge is 0.306 e. The molecule has 0 N–H and O–H groups in total. The SMILES string of the molecule is CCCCCCCC(CCCCCCC)OC(=O)CCC. The van der Waals surface area contributed by atoms with E-state index in [1.54, 1.807) is 0 Å². The molecule has 0 aromatic rings. The number of carbonyl (C=O) groups excluding carboxylic acids is 1. The summed E-state index contributed by atoms with van der Waals surface area (Å²) in [5.41, 5.74) is 0. The Morgan fingerprint density at radius 3 is 1.62 bits per heavy atom. The molecule has 2 nitrogen and oxygen atoms in total. The molecular weight excluding hydrogens is 260 g/mol. The summed E-state index contributed by atoms with van der Waals surface area (Å²) in [6, 6.07) is 0. The van der Waals surface area contributed by atoms with Gasteiger partial charge in [0.25, 0.3) is 0 Å². The van der Waals surface area contributed by atoms with Crippen molar-refractivity contribution in [2.75, 3.05) is 0 Å². The van der Waals surface area contributed by atoms with E-state index >= 15 is 0 Å². The average Bonchev–Trinajstić information content (AvgIpc) is 2.46. The van der Waals surface area contributed by atoms with Crippen LogP contribution in [0.2, 0.25) is 0 Å². The van der Waals surface area contributed by atoms with Crippen LogP contribution < -0.4 is 0 Å². The Kier molecular flexibility index (Phi) is 15.5. The van der Waals surface area contributed by atoms with Gasteiger partial charge < -0.3 is 4.74 Å². The minimum atomic E-state index is 0.00427. The maximum Gasteiger partial charge on any atom is 0.306 e. The summed E-state index contributed by atoms with van der Waals surface area (Å²) >= 11 is 0. The number of hydrogen-bond donors (Lipinski definition) is 0. The molecular formula is C19H38O2. The molecule has 0 aliphatic carbocycles. The highest BCUT2D eigenvalue weighted by Crippen LogP contribution is 2.17. The lowest BCUT2D eigenvalue weighted by atomic mass is 10.0. The highest BCUT2D eigenvalue weighted by Gasteiger charge is 2.13. The first kappa shape index (κ1) is 20.5. The van der Waals surface area contributed by atoms with Crippen LogP contribution >= 0.6 is 0 Å². The molecule has 0 saturated carbocycles. The first-order valence-corrected chi connectivity index (χ1v) is 9.44. The zero-order chi connectivity index (χ0) is 15.8. The van der Waals surface area contributed by atoms with Crippen LogP contribution in [0.15, 0.2) is 0 Å². The Morgan fingerprint density at radius 1 is 0.714 bits per heavy atom. The molecule has 0 heterocycles. The average molecular weight is 299 g/mol. The molecule has 2 heteroatoms. The van der Waals surface area contributed by atoms with Gasteiger partial charge in [0.15, 0.2) is 0 Å². The summed E-state index contributed by atoms with van der Waals surface area (Å²) in [6.45, 7) is 6.52. The van der Waals surface area contributed by atoms with Gasteiger partial charge in [0.1, 0.15) is 6.10 Å². The molecule has 0 rings (SSSR count). The molecule has 0 spiro atoms. The Bertz CT molecular complexity index is 212. The van der Waals surface area contributed by atoms with E-state index in [1.165, 1.54) is 64.2 Å². The van der Waals surface area contributed by atoms with Gasteiger partial charge in [-0.15, -0.1) is 0 Å². The first-order chi connectivity index (χ1) is 10.2. The summed E-state index contributed by atoms with van der Waals surface area (Å²) in [6.07, 6.45) is 16.6. The molecule has 0 atom stereocenters. The van der Waals surface area contributed by atoms with E-state index in [4.69, 9.17) is 4.74 Å². The lowest BCUT2D eigenvalue weighted by molar-refractivity contribution is -0.149. The number of ether oxygens (including phenoxy) is 1. The molecule has 0 amide bonds. The van der Waals surface area contributed by atoms with Gasteiger partial charge in [-0.05, 0) is 32.1 Å². The van der Waals surface area contributed by atoms with Gasteiger partial charge in [-0.2, -0.15) is 0 Å². The minimum Gasteiger partial charge on any atom is -0.462 e. The van der Waals surface area contributed by atoms with Gasteiger partial charge in [-0.25, -0.2) is 0 Å². The highest BCUT2D eigenvalue weighted by atomic mass is 16.5. The van der Waals surface area contributed by atoms with Crippen molar-refractivity contribution in [1.29, 1.82) is 0 Å². The minimum absolute atomic E-state index is 0.00427. The third-order valence-electron chi connectivity index (χ3n) is 4.01. The van der Waals surface area contributed by atoms with Crippen LogP contribution in [0.1, 0.15) is 111 Å². The zero-order valence-electron chi connectivity index (χ0n) is 14.8. The third kappa shape index (κ3) is 14.2. The molecule has 126 valence electrons. The molecule has 0 fully saturated rings. The molecule has 0 radical (unpaired) electrons. The fourth-order valence-corrected chi connectivity index (χ4v) is 2.66. The van der Waals surface area contributed by atoms with Crippen LogP contribution in [0.25, 0.3) is 0 Å². The largest absolute Gasteiger partial charge is 0.462 e. The lowest BCUT2D eigenvalue weighted by Gasteiger charge is -2.18. The van der Waals surface area contributed by atoms with Gasteiger partial charge in [-0.1, -0.05) is 72.1 Å². The van der Waals surface area contributed by atoms with E-state index in [-0.39, 0.29) is 12.1 Å². The van der Waals surface area contributed by atoms with Crippen LogP contribution in [0.3, 0.4) is 0 Å². The van der Waals surface area contributed by atoms with Crippen molar-refractivity contribution in [3.8, 4) is 0 Å². The summed E-state index contributed by atoms with van der Waals surface area (Å²) < 4.78 is 5.67. The van der Waals surface area contributed by atoms with Gasteiger partial charge >= 0.3 is 5.97 Å². The van der Waals surface area contributed by atoms with Crippen LogP contribution in [-0.2, 0) is 9.53 Å². The number of carbonyl (C=O) groups is 1. The van der Waals surface area contributed by atoms with Gasteiger partial charge in [0.05, 0.1) is 0 Å². The third-order valence-corrected chi connectivity index (χ3v) is 4.01. The van der Waals surface area contributed by atoms with Crippen molar-refractivity contribution in [1.82, 2.24) is 0 Å². The zero-order valence-corrected chi connectivity index (χ0v) is 14.8. The summed E-state index contributed by atoms with van der Waals surface area (Å²) in [7, 11) is 0. The van der Waals surface area contributed by atoms with Gasteiger partial charge in [0, 0.05) is 6.42 Å². The van der Waals surface area contributed by atoms with Crippen molar-refractivity contribution in [3.05, 3.63) is 0 Å². The van der Waals surface area contributed by atoms with Crippen LogP contribution in [0.4, 0.5) is 0 Å². The van der Waals surface area contributed by atoms with Crippen molar-refractivity contribution >= 4 is 5.97 Å². The molecule has 21 heavy (non-hydrogen) atoms. The molecule has 0 unspecified atom stereocenters.